The van der Waals surface area contributed by atoms with Crippen LogP contribution in [-0.4, -0.2) is 43.6 Å². The Bertz CT molecular complexity index is 482. The van der Waals surface area contributed by atoms with Gasteiger partial charge in [0.05, 0.1) is 0 Å². The van der Waals surface area contributed by atoms with Gasteiger partial charge in [-0.3, -0.25) is 9.89 Å². The molecule has 0 atom stereocenters. The van der Waals surface area contributed by atoms with Crippen LogP contribution in [0.2, 0.25) is 0 Å². The maximum Gasteiger partial charge on any atom is 0.191 e. The minimum Gasteiger partial charge on any atom is -0.355 e. The number of hydrogen-bond donors (Lipinski definition) is 2. The van der Waals surface area contributed by atoms with Crippen molar-refractivity contribution in [2.24, 2.45) is 4.99 Å². The Balaban J connectivity index is 0.00000176. The van der Waals surface area contributed by atoms with E-state index in [1.54, 1.807) is 4.88 Å². The van der Waals surface area contributed by atoms with E-state index in [4.69, 9.17) is 0 Å². The SMILES string of the molecule is CN=C(NCCN1CCc2sccc2C1)NC1CCCC1.I. The van der Waals surface area contributed by atoms with Crippen molar-refractivity contribution in [3.05, 3.63) is 21.9 Å². The molecule has 2 heterocycles. The summed E-state index contributed by atoms with van der Waals surface area (Å²) in [5, 5.41) is 9.22. The third-order valence-electron chi connectivity index (χ3n) is 4.53. The van der Waals surface area contributed by atoms with Crippen molar-refractivity contribution in [1.82, 2.24) is 15.5 Å². The first-order chi connectivity index (χ1) is 10.3. The van der Waals surface area contributed by atoms with Crippen molar-refractivity contribution in [1.29, 1.82) is 0 Å². The number of hydrogen-bond acceptors (Lipinski definition) is 3. The number of aliphatic imine (C=N–C) groups is 1. The molecule has 1 aromatic rings. The van der Waals surface area contributed by atoms with Crippen LogP contribution in [0.15, 0.2) is 16.4 Å². The van der Waals surface area contributed by atoms with Crippen LogP contribution in [0, 0.1) is 0 Å². The summed E-state index contributed by atoms with van der Waals surface area (Å²) in [6.45, 7) is 4.34. The Labute approximate surface area is 154 Å². The van der Waals surface area contributed by atoms with Crippen molar-refractivity contribution in [3.63, 3.8) is 0 Å². The molecule has 0 unspecified atom stereocenters. The summed E-state index contributed by atoms with van der Waals surface area (Å²) in [6.07, 6.45) is 6.49. The molecular weight excluding hydrogens is 407 g/mol. The van der Waals surface area contributed by atoms with Gasteiger partial charge < -0.3 is 10.6 Å². The highest BCUT2D eigenvalue weighted by Gasteiger charge is 2.18. The molecule has 2 aliphatic rings. The number of nitrogens with zero attached hydrogens (tertiary/aromatic N) is 2. The van der Waals surface area contributed by atoms with E-state index in [1.165, 1.54) is 44.2 Å². The van der Waals surface area contributed by atoms with Crippen LogP contribution in [0.25, 0.3) is 0 Å². The predicted molar refractivity (Wildman–Crippen MR) is 105 cm³/mol. The Kier molecular flexibility index (Phi) is 7.43. The predicted octanol–water partition coefficient (Wildman–Crippen LogP) is 2.83. The average Bonchev–Trinajstić information content (AvgIpc) is 3.16. The normalized spacial score (nSPS) is 19.6. The van der Waals surface area contributed by atoms with Crippen LogP contribution in [0.5, 0.6) is 0 Å². The van der Waals surface area contributed by atoms with Gasteiger partial charge in [-0.15, -0.1) is 35.3 Å². The van der Waals surface area contributed by atoms with E-state index in [-0.39, 0.29) is 24.0 Å². The molecule has 0 aromatic carbocycles. The number of nitrogens with one attached hydrogen (secondary N) is 2. The molecular formula is C16H27IN4S. The lowest BCUT2D eigenvalue weighted by molar-refractivity contribution is 0.260. The van der Waals surface area contributed by atoms with E-state index in [0.29, 0.717) is 6.04 Å². The molecule has 0 saturated heterocycles. The van der Waals surface area contributed by atoms with E-state index in [9.17, 15) is 0 Å². The second-order valence-electron chi connectivity index (χ2n) is 6.02. The van der Waals surface area contributed by atoms with E-state index in [0.717, 1.165) is 25.6 Å². The van der Waals surface area contributed by atoms with Crippen LogP contribution < -0.4 is 10.6 Å². The molecule has 1 saturated carbocycles. The third kappa shape index (κ3) is 4.83. The first kappa shape index (κ1) is 18.0. The number of thiophene rings is 1. The molecule has 22 heavy (non-hydrogen) atoms. The van der Waals surface area contributed by atoms with Crippen LogP contribution in [0.3, 0.4) is 0 Å². The smallest absolute Gasteiger partial charge is 0.191 e. The van der Waals surface area contributed by atoms with Crippen molar-refractivity contribution in [2.75, 3.05) is 26.7 Å². The highest BCUT2D eigenvalue weighted by Crippen LogP contribution is 2.23. The summed E-state index contributed by atoms with van der Waals surface area (Å²) in [5.41, 5.74) is 1.53. The number of guanidine groups is 1. The van der Waals surface area contributed by atoms with Crippen LogP contribution >= 0.6 is 35.3 Å². The molecule has 1 aliphatic heterocycles. The third-order valence-corrected chi connectivity index (χ3v) is 5.55. The Morgan fingerprint density at radius 2 is 2.23 bits per heavy atom. The molecule has 0 amide bonds. The second-order valence-corrected chi connectivity index (χ2v) is 7.02. The highest BCUT2D eigenvalue weighted by molar-refractivity contribution is 14.0. The van der Waals surface area contributed by atoms with Gasteiger partial charge in [-0.25, -0.2) is 0 Å². The van der Waals surface area contributed by atoms with Crippen molar-refractivity contribution in [3.8, 4) is 0 Å². The largest absolute Gasteiger partial charge is 0.355 e. The fraction of sp³-hybridized carbons (Fsp3) is 0.688. The highest BCUT2D eigenvalue weighted by atomic mass is 127. The minimum absolute atomic E-state index is 0. The molecule has 0 bridgehead atoms. The fourth-order valence-corrected chi connectivity index (χ4v) is 4.18. The standard InChI is InChI=1S/C16H26N4S.HI/c1-17-16(19-14-4-2-3-5-14)18-8-10-20-9-6-15-13(12-20)7-11-21-15;/h7,11,14H,2-6,8-10,12H2,1H3,(H2,17,18,19);1H. The second kappa shape index (κ2) is 9.08. The fourth-order valence-electron chi connectivity index (χ4n) is 3.29. The zero-order valence-corrected chi connectivity index (χ0v) is 16.5. The molecule has 1 aromatic heterocycles. The summed E-state index contributed by atoms with van der Waals surface area (Å²) in [5.74, 6) is 0.968. The Morgan fingerprint density at radius 3 is 3.00 bits per heavy atom. The van der Waals surface area contributed by atoms with Crippen LogP contribution in [0.4, 0.5) is 0 Å². The van der Waals surface area contributed by atoms with Gasteiger partial charge in [0.1, 0.15) is 0 Å². The number of rotatable bonds is 4. The van der Waals surface area contributed by atoms with E-state index >= 15 is 0 Å². The van der Waals surface area contributed by atoms with E-state index < -0.39 is 0 Å². The Morgan fingerprint density at radius 1 is 1.41 bits per heavy atom. The van der Waals surface area contributed by atoms with Gasteiger partial charge in [0.15, 0.2) is 5.96 Å². The van der Waals surface area contributed by atoms with Gasteiger partial charge in [0, 0.05) is 44.1 Å². The average molecular weight is 434 g/mol. The molecule has 0 radical (unpaired) electrons. The summed E-state index contributed by atoms with van der Waals surface area (Å²) < 4.78 is 0. The summed E-state index contributed by atoms with van der Waals surface area (Å²) in [7, 11) is 1.86. The lowest BCUT2D eigenvalue weighted by Gasteiger charge is -2.27. The zero-order chi connectivity index (χ0) is 14.5. The maximum atomic E-state index is 4.34. The number of halogens is 1. The van der Waals surface area contributed by atoms with Gasteiger partial charge in [-0.05, 0) is 36.3 Å². The molecule has 124 valence electrons. The summed E-state index contributed by atoms with van der Waals surface area (Å²) in [6, 6.07) is 2.90. The van der Waals surface area contributed by atoms with Crippen molar-refractivity contribution in [2.45, 2.75) is 44.7 Å². The van der Waals surface area contributed by atoms with E-state index in [2.05, 4.69) is 32.0 Å². The molecule has 4 nitrogen and oxygen atoms in total. The van der Waals surface area contributed by atoms with Gasteiger partial charge in [-0.1, -0.05) is 12.8 Å². The molecule has 1 fully saturated rings. The molecule has 2 N–H and O–H groups in total. The monoisotopic (exact) mass is 434 g/mol. The van der Waals surface area contributed by atoms with Crippen molar-refractivity contribution >= 4 is 41.3 Å². The first-order valence-electron chi connectivity index (χ1n) is 8.10. The van der Waals surface area contributed by atoms with E-state index in [1.807, 2.05) is 18.4 Å². The van der Waals surface area contributed by atoms with Crippen LogP contribution in [-0.2, 0) is 13.0 Å². The van der Waals surface area contributed by atoms with Crippen molar-refractivity contribution < 1.29 is 0 Å². The molecule has 3 rings (SSSR count). The number of fused-ring (bicyclic) bond motifs is 1. The van der Waals surface area contributed by atoms with Gasteiger partial charge in [-0.2, -0.15) is 0 Å². The van der Waals surface area contributed by atoms with Crippen LogP contribution in [0.1, 0.15) is 36.1 Å². The lowest BCUT2D eigenvalue weighted by Crippen LogP contribution is -2.45. The van der Waals surface area contributed by atoms with Gasteiger partial charge in [0.25, 0.3) is 0 Å². The maximum absolute atomic E-state index is 4.34. The lowest BCUT2D eigenvalue weighted by atomic mass is 10.1. The van der Waals surface area contributed by atoms with Gasteiger partial charge >= 0.3 is 0 Å². The Hall–Kier alpha value is -0.340. The summed E-state index contributed by atoms with van der Waals surface area (Å²) in [4.78, 5) is 8.45. The minimum atomic E-state index is 0. The molecule has 1 aliphatic carbocycles. The van der Waals surface area contributed by atoms with Gasteiger partial charge in [0.2, 0.25) is 0 Å². The first-order valence-corrected chi connectivity index (χ1v) is 8.98. The molecule has 0 spiro atoms. The zero-order valence-electron chi connectivity index (χ0n) is 13.3. The summed E-state index contributed by atoms with van der Waals surface area (Å²) >= 11 is 1.91. The topological polar surface area (TPSA) is 39.7 Å². The quantitative estimate of drug-likeness (QED) is 0.435. The molecule has 6 heteroatoms.